The molecular weight excluding hydrogens is 264 g/mol. The number of carbonyl (C=O) groups is 1. The van der Waals surface area contributed by atoms with Crippen molar-refractivity contribution >= 4 is 11.6 Å². The van der Waals surface area contributed by atoms with Crippen LogP contribution in [0.15, 0.2) is 6.20 Å². The quantitative estimate of drug-likeness (QED) is 0.875. The van der Waals surface area contributed by atoms with Crippen molar-refractivity contribution in [3.8, 4) is 0 Å². The Kier molecular flexibility index (Phi) is 4.80. The molecule has 21 heavy (non-hydrogen) atoms. The van der Waals surface area contributed by atoms with E-state index in [0.717, 1.165) is 24.7 Å². The minimum absolute atomic E-state index is 0.0191. The van der Waals surface area contributed by atoms with Crippen molar-refractivity contribution in [3.05, 3.63) is 17.7 Å². The van der Waals surface area contributed by atoms with E-state index < -0.39 is 0 Å². The molecule has 0 radical (unpaired) electrons. The number of hydrogen-bond acceptors (Lipinski definition) is 4. The maximum absolute atomic E-state index is 12.7. The molecule has 0 aromatic carbocycles. The van der Waals surface area contributed by atoms with Crippen LogP contribution in [0, 0.1) is 11.8 Å². The largest absolute Gasteiger partial charge is 0.382 e. The molecule has 1 aromatic rings. The van der Waals surface area contributed by atoms with Crippen LogP contribution in [0.3, 0.4) is 0 Å². The summed E-state index contributed by atoms with van der Waals surface area (Å²) in [4.78, 5) is 23.3. The molecule has 1 heterocycles. The summed E-state index contributed by atoms with van der Waals surface area (Å²) in [5.74, 6) is 2.29. The van der Waals surface area contributed by atoms with Crippen LogP contribution < -0.4 is 5.32 Å². The van der Waals surface area contributed by atoms with Crippen molar-refractivity contribution in [1.29, 1.82) is 0 Å². The van der Waals surface area contributed by atoms with Gasteiger partial charge in [-0.05, 0) is 25.2 Å². The molecular formula is C16H26N4O. The van der Waals surface area contributed by atoms with Crippen molar-refractivity contribution in [2.24, 2.45) is 11.8 Å². The topological polar surface area (TPSA) is 58.1 Å². The second-order valence-electron chi connectivity index (χ2n) is 6.33. The van der Waals surface area contributed by atoms with Gasteiger partial charge in [0.05, 0.1) is 11.9 Å². The van der Waals surface area contributed by atoms with Gasteiger partial charge in [-0.2, -0.15) is 0 Å². The highest BCUT2D eigenvalue weighted by Crippen LogP contribution is 2.38. The molecule has 1 amide bonds. The van der Waals surface area contributed by atoms with Gasteiger partial charge in [-0.15, -0.1) is 0 Å². The minimum Gasteiger partial charge on any atom is -0.382 e. The molecule has 1 aromatic heterocycles. The number of carbonyl (C=O) groups excluding carboxylic acids is 1. The fourth-order valence-electron chi connectivity index (χ4n) is 2.43. The smallest absolute Gasteiger partial charge is 0.274 e. The third-order valence-corrected chi connectivity index (χ3v) is 4.02. The van der Waals surface area contributed by atoms with Crippen LogP contribution in [-0.4, -0.2) is 40.9 Å². The van der Waals surface area contributed by atoms with Gasteiger partial charge in [0.25, 0.3) is 5.91 Å². The molecule has 5 heteroatoms. The lowest BCUT2D eigenvalue weighted by atomic mass is 10.2. The molecule has 5 nitrogen and oxygen atoms in total. The molecule has 0 saturated heterocycles. The molecule has 2 unspecified atom stereocenters. The van der Waals surface area contributed by atoms with Gasteiger partial charge >= 0.3 is 0 Å². The maximum Gasteiger partial charge on any atom is 0.274 e. The number of nitrogens with zero attached hydrogens (tertiary/aromatic N) is 3. The number of nitrogens with one attached hydrogen (secondary N) is 1. The summed E-state index contributed by atoms with van der Waals surface area (Å²) in [5.41, 5.74) is 1.22. The summed E-state index contributed by atoms with van der Waals surface area (Å²) >= 11 is 0. The Morgan fingerprint density at radius 1 is 1.52 bits per heavy atom. The van der Waals surface area contributed by atoms with E-state index in [1.807, 2.05) is 27.8 Å². The molecule has 0 aliphatic heterocycles. The lowest BCUT2D eigenvalue weighted by Crippen LogP contribution is -2.31. The standard InChI is InChI=1S/C16H26N4O/c1-6-17-13-8-18-15(10(2)3)19-14(13)16(21)20(5)9-12-7-11(12)4/h8,10-12,17H,6-7,9H2,1-5H3. The van der Waals surface area contributed by atoms with Crippen molar-refractivity contribution in [2.45, 2.75) is 40.0 Å². The van der Waals surface area contributed by atoms with Gasteiger partial charge in [-0.1, -0.05) is 20.8 Å². The van der Waals surface area contributed by atoms with E-state index in [1.165, 1.54) is 6.42 Å². The summed E-state index contributed by atoms with van der Waals surface area (Å²) in [6.45, 7) is 9.85. The first-order valence-corrected chi connectivity index (χ1v) is 7.80. The first-order valence-electron chi connectivity index (χ1n) is 7.80. The van der Waals surface area contributed by atoms with Gasteiger partial charge < -0.3 is 10.2 Å². The predicted octanol–water partition coefficient (Wildman–Crippen LogP) is 2.76. The third kappa shape index (κ3) is 3.71. The van der Waals surface area contributed by atoms with Crippen LogP contribution in [0.1, 0.15) is 56.3 Å². The van der Waals surface area contributed by atoms with Gasteiger partial charge in [0.2, 0.25) is 0 Å². The summed E-state index contributed by atoms with van der Waals surface area (Å²) in [6.07, 6.45) is 2.95. The molecule has 116 valence electrons. The van der Waals surface area contributed by atoms with Gasteiger partial charge in [-0.25, -0.2) is 9.97 Å². The number of amides is 1. The Bertz CT molecular complexity index is 515. The molecule has 1 aliphatic rings. The fourth-order valence-corrected chi connectivity index (χ4v) is 2.43. The predicted molar refractivity (Wildman–Crippen MR) is 84.5 cm³/mol. The molecule has 1 saturated carbocycles. The van der Waals surface area contributed by atoms with E-state index in [2.05, 4.69) is 22.2 Å². The number of anilines is 1. The molecule has 1 aliphatic carbocycles. The lowest BCUT2D eigenvalue weighted by molar-refractivity contribution is 0.0781. The molecule has 0 bridgehead atoms. The highest BCUT2D eigenvalue weighted by Gasteiger charge is 2.34. The Morgan fingerprint density at radius 2 is 2.19 bits per heavy atom. The van der Waals surface area contributed by atoms with Crippen molar-refractivity contribution in [2.75, 3.05) is 25.5 Å². The van der Waals surface area contributed by atoms with Gasteiger partial charge in [0.1, 0.15) is 5.82 Å². The zero-order chi connectivity index (χ0) is 15.6. The first-order chi connectivity index (χ1) is 9.93. The van der Waals surface area contributed by atoms with Crippen LogP contribution in [0.4, 0.5) is 5.69 Å². The highest BCUT2D eigenvalue weighted by atomic mass is 16.2. The van der Waals surface area contributed by atoms with Crippen LogP contribution >= 0.6 is 0 Å². The van der Waals surface area contributed by atoms with Gasteiger partial charge in [0, 0.05) is 26.1 Å². The second kappa shape index (κ2) is 6.41. The minimum atomic E-state index is -0.0191. The van der Waals surface area contributed by atoms with E-state index in [1.54, 1.807) is 11.1 Å². The Labute approximate surface area is 127 Å². The number of rotatable bonds is 6. The first kappa shape index (κ1) is 15.7. The SMILES string of the molecule is CCNc1cnc(C(C)C)nc1C(=O)N(C)CC1CC1C. The third-order valence-electron chi connectivity index (χ3n) is 4.02. The summed E-state index contributed by atoms with van der Waals surface area (Å²) in [6, 6.07) is 0. The molecule has 2 rings (SSSR count). The van der Waals surface area contributed by atoms with E-state index in [-0.39, 0.29) is 11.8 Å². The van der Waals surface area contributed by atoms with Crippen molar-refractivity contribution in [1.82, 2.24) is 14.9 Å². The maximum atomic E-state index is 12.7. The normalized spacial score (nSPS) is 20.5. The van der Waals surface area contributed by atoms with Crippen LogP contribution in [0.25, 0.3) is 0 Å². The molecule has 0 spiro atoms. The average Bonchev–Trinajstić information content (AvgIpc) is 3.13. The number of aromatic nitrogens is 2. The van der Waals surface area contributed by atoms with Crippen LogP contribution in [-0.2, 0) is 0 Å². The van der Waals surface area contributed by atoms with Crippen LogP contribution in [0.2, 0.25) is 0 Å². The van der Waals surface area contributed by atoms with E-state index in [4.69, 9.17) is 0 Å². The summed E-state index contributed by atoms with van der Waals surface area (Å²) in [7, 11) is 1.86. The molecule has 1 fully saturated rings. The van der Waals surface area contributed by atoms with E-state index >= 15 is 0 Å². The monoisotopic (exact) mass is 290 g/mol. The van der Waals surface area contributed by atoms with Crippen molar-refractivity contribution < 1.29 is 4.79 Å². The van der Waals surface area contributed by atoms with E-state index in [0.29, 0.717) is 17.4 Å². The molecule has 1 N–H and O–H groups in total. The highest BCUT2D eigenvalue weighted by molar-refractivity contribution is 5.97. The number of hydrogen-bond donors (Lipinski definition) is 1. The average molecular weight is 290 g/mol. The van der Waals surface area contributed by atoms with E-state index in [9.17, 15) is 4.79 Å². The summed E-state index contributed by atoms with van der Waals surface area (Å²) in [5, 5.41) is 3.18. The second-order valence-corrected chi connectivity index (χ2v) is 6.33. The van der Waals surface area contributed by atoms with Gasteiger partial charge in [0.15, 0.2) is 5.69 Å². The molecule has 2 atom stereocenters. The Hall–Kier alpha value is -1.65. The summed E-state index contributed by atoms with van der Waals surface area (Å²) < 4.78 is 0. The Morgan fingerprint density at radius 3 is 2.71 bits per heavy atom. The van der Waals surface area contributed by atoms with Crippen LogP contribution in [0.5, 0.6) is 0 Å². The fraction of sp³-hybridized carbons (Fsp3) is 0.688. The zero-order valence-corrected chi connectivity index (χ0v) is 13.7. The van der Waals surface area contributed by atoms with Crippen molar-refractivity contribution in [3.63, 3.8) is 0 Å². The van der Waals surface area contributed by atoms with Gasteiger partial charge in [-0.3, -0.25) is 4.79 Å². The Balaban J connectivity index is 2.21. The zero-order valence-electron chi connectivity index (χ0n) is 13.7. The lowest BCUT2D eigenvalue weighted by Gasteiger charge is -2.19.